The standard InChI is InChI=1S/C15H26ClN3O2/c1-7-21-14(15(2,3)4)13(20)12-11(16)10-17-19(12)9-8-18(5)6/h10,14H,7-9H2,1-6H3. The molecule has 0 N–H and O–H groups in total. The number of aromatic nitrogens is 2. The topological polar surface area (TPSA) is 47.4 Å². The summed E-state index contributed by atoms with van der Waals surface area (Å²) in [6.07, 6.45) is 0.991. The van der Waals surface area contributed by atoms with E-state index >= 15 is 0 Å². The SMILES string of the molecule is CCOC(C(=O)c1c(Cl)cnn1CCN(C)C)C(C)(C)C. The van der Waals surface area contributed by atoms with Crippen LogP contribution in [0.15, 0.2) is 6.20 Å². The van der Waals surface area contributed by atoms with Gasteiger partial charge in [0.2, 0.25) is 5.78 Å². The number of rotatable bonds is 7. The third-order valence-corrected chi connectivity index (χ3v) is 3.42. The van der Waals surface area contributed by atoms with Gasteiger partial charge in [-0.3, -0.25) is 9.48 Å². The lowest BCUT2D eigenvalue weighted by atomic mass is 9.85. The molecule has 0 saturated carbocycles. The highest BCUT2D eigenvalue weighted by molar-refractivity contribution is 6.33. The number of carbonyl (C=O) groups is 1. The molecule has 5 nitrogen and oxygen atoms in total. The fourth-order valence-corrected chi connectivity index (χ4v) is 2.32. The molecule has 0 aliphatic heterocycles. The van der Waals surface area contributed by atoms with Crippen LogP contribution in [0.25, 0.3) is 0 Å². The number of hydrogen-bond acceptors (Lipinski definition) is 4. The van der Waals surface area contributed by atoms with Crippen molar-refractivity contribution in [3.63, 3.8) is 0 Å². The minimum Gasteiger partial charge on any atom is -0.370 e. The molecule has 1 rings (SSSR count). The van der Waals surface area contributed by atoms with Crippen molar-refractivity contribution in [1.29, 1.82) is 0 Å². The highest BCUT2D eigenvalue weighted by atomic mass is 35.5. The number of carbonyl (C=O) groups excluding carboxylic acids is 1. The summed E-state index contributed by atoms with van der Waals surface area (Å²) in [5.74, 6) is -0.106. The molecular weight excluding hydrogens is 290 g/mol. The number of Topliss-reactive ketones (excluding diaryl/α,β-unsaturated/α-hetero) is 1. The molecule has 120 valence electrons. The van der Waals surface area contributed by atoms with Crippen LogP contribution < -0.4 is 0 Å². The van der Waals surface area contributed by atoms with E-state index in [0.717, 1.165) is 6.54 Å². The summed E-state index contributed by atoms with van der Waals surface area (Å²) in [5, 5.41) is 4.60. The second-order valence-electron chi connectivity index (χ2n) is 6.43. The van der Waals surface area contributed by atoms with Gasteiger partial charge in [0.15, 0.2) is 0 Å². The Hall–Kier alpha value is -0.910. The van der Waals surface area contributed by atoms with Crippen LogP contribution in [0.1, 0.15) is 38.2 Å². The molecule has 1 unspecified atom stereocenters. The van der Waals surface area contributed by atoms with Crippen LogP contribution in [-0.2, 0) is 11.3 Å². The summed E-state index contributed by atoms with van der Waals surface area (Å²) >= 11 is 6.18. The van der Waals surface area contributed by atoms with E-state index in [1.54, 1.807) is 4.68 Å². The molecule has 0 fully saturated rings. The molecule has 0 radical (unpaired) electrons. The number of nitrogens with zero attached hydrogens (tertiary/aromatic N) is 3. The quantitative estimate of drug-likeness (QED) is 0.726. The van der Waals surface area contributed by atoms with Crippen molar-refractivity contribution in [3.05, 3.63) is 16.9 Å². The summed E-state index contributed by atoms with van der Waals surface area (Å²) in [5.41, 5.74) is 0.138. The van der Waals surface area contributed by atoms with E-state index in [-0.39, 0.29) is 11.2 Å². The van der Waals surface area contributed by atoms with Crippen LogP contribution in [0.3, 0.4) is 0 Å². The zero-order chi connectivity index (χ0) is 16.2. The Morgan fingerprint density at radius 1 is 1.48 bits per heavy atom. The van der Waals surface area contributed by atoms with Gasteiger partial charge in [-0.05, 0) is 26.4 Å². The molecule has 0 aliphatic carbocycles. The molecule has 0 spiro atoms. The maximum absolute atomic E-state index is 12.8. The average molecular weight is 316 g/mol. The second-order valence-corrected chi connectivity index (χ2v) is 6.84. The van der Waals surface area contributed by atoms with Crippen LogP contribution in [0.5, 0.6) is 0 Å². The van der Waals surface area contributed by atoms with E-state index in [0.29, 0.717) is 23.9 Å². The smallest absolute Gasteiger partial charge is 0.211 e. The number of halogens is 1. The van der Waals surface area contributed by atoms with E-state index in [1.807, 2.05) is 46.7 Å². The van der Waals surface area contributed by atoms with Gasteiger partial charge in [0.25, 0.3) is 0 Å². The van der Waals surface area contributed by atoms with Crippen molar-refractivity contribution < 1.29 is 9.53 Å². The third-order valence-electron chi connectivity index (χ3n) is 3.15. The largest absolute Gasteiger partial charge is 0.370 e. The first kappa shape index (κ1) is 18.1. The monoisotopic (exact) mass is 315 g/mol. The number of likely N-dealkylation sites (N-methyl/N-ethyl adjacent to an activating group) is 1. The number of ether oxygens (including phenoxy) is 1. The molecule has 6 heteroatoms. The van der Waals surface area contributed by atoms with Gasteiger partial charge in [0, 0.05) is 13.2 Å². The van der Waals surface area contributed by atoms with Crippen molar-refractivity contribution in [1.82, 2.24) is 14.7 Å². The van der Waals surface area contributed by atoms with Crippen molar-refractivity contribution in [2.75, 3.05) is 27.2 Å². The highest BCUT2D eigenvalue weighted by Crippen LogP contribution is 2.28. The van der Waals surface area contributed by atoms with E-state index < -0.39 is 6.10 Å². The molecule has 1 atom stereocenters. The van der Waals surface area contributed by atoms with E-state index in [9.17, 15) is 4.79 Å². The molecule has 1 heterocycles. The predicted octanol–water partition coefficient (Wildman–Crippen LogP) is 2.73. The fourth-order valence-electron chi connectivity index (χ4n) is 2.08. The van der Waals surface area contributed by atoms with Crippen LogP contribution in [0, 0.1) is 5.41 Å². The van der Waals surface area contributed by atoms with E-state index in [1.165, 1.54) is 6.20 Å². The first-order chi connectivity index (χ1) is 9.68. The number of hydrogen-bond donors (Lipinski definition) is 0. The molecule has 0 bridgehead atoms. The van der Waals surface area contributed by atoms with Crippen molar-refractivity contribution in [2.24, 2.45) is 5.41 Å². The van der Waals surface area contributed by atoms with Crippen LogP contribution >= 0.6 is 11.6 Å². The Morgan fingerprint density at radius 2 is 2.10 bits per heavy atom. The Morgan fingerprint density at radius 3 is 2.57 bits per heavy atom. The molecule has 1 aromatic heterocycles. The highest BCUT2D eigenvalue weighted by Gasteiger charge is 2.35. The maximum Gasteiger partial charge on any atom is 0.211 e. The maximum atomic E-state index is 12.8. The lowest BCUT2D eigenvalue weighted by molar-refractivity contribution is -0.000946. The molecular formula is C15H26ClN3O2. The Bertz CT molecular complexity index is 478. The van der Waals surface area contributed by atoms with E-state index in [2.05, 4.69) is 5.10 Å². The van der Waals surface area contributed by atoms with Gasteiger partial charge in [-0.15, -0.1) is 0 Å². The molecule has 0 aliphatic rings. The molecule has 21 heavy (non-hydrogen) atoms. The normalized spacial score (nSPS) is 13.7. The minimum atomic E-state index is -0.533. The molecule has 0 amide bonds. The average Bonchev–Trinajstić information content (AvgIpc) is 2.72. The Labute approximate surface area is 132 Å². The van der Waals surface area contributed by atoms with Crippen LogP contribution in [-0.4, -0.2) is 53.8 Å². The summed E-state index contributed by atoms with van der Waals surface area (Å²) < 4.78 is 7.34. The summed E-state index contributed by atoms with van der Waals surface area (Å²) in [7, 11) is 3.95. The lowest BCUT2D eigenvalue weighted by Gasteiger charge is -2.29. The second kappa shape index (κ2) is 7.38. The van der Waals surface area contributed by atoms with E-state index in [4.69, 9.17) is 16.3 Å². The Kier molecular flexibility index (Phi) is 6.38. The zero-order valence-corrected chi connectivity index (χ0v) is 14.6. The molecule has 0 saturated heterocycles. The van der Waals surface area contributed by atoms with Gasteiger partial charge < -0.3 is 9.64 Å². The van der Waals surface area contributed by atoms with Crippen molar-refractivity contribution >= 4 is 17.4 Å². The lowest BCUT2D eigenvalue weighted by Crippen LogP contribution is -2.38. The first-order valence-corrected chi connectivity index (χ1v) is 7.58. The molecule has 1 aromatic rings. The van der Waals surface area contributed by atoms with Crippen LogP contribution in [0.2, 0.25) is 5.02 Å². The van der Waals surface area contributed by atoms with Gasteiger partial charge in [-0.2, -0.15) is 5.10 Å². The predicted molar refractivity (Wildman–Crippen MR) is 85.0 cm³/mol. The van der Waals surface area contributed by atoms with Gasteiger partial charge in [0.05, 0.1) is 17.8 Å². The Balaban J connectivity index is 3.07. The fraction of sp³-hybridized carbons (Fsp3) is 0.733. The van der Waals surface area contributed by atoms with Crippen molar-refractivity contribution in [2.45, 2.75) is 40.3 Å². The third kappa shape index (κ3) is 4.80. The van der Waals surface area contributed by atoms with Crippen LogP contribution in [0.4, 0.5) is 0 Å². The first-order valence-electron chi connectivity index (χ1n) is 7.20. The molecule has 0 aromatic carbocycles. The van der Waals surface area contributed by atoms with Gasteiger partial charge >= 0.3 is 0 Å². The van der Waals surface area contributed by atoms with Gasteiger partial charge in [-0.1, -0.05) is 32.4 Å². The minimum absolute atomic E-state index is 0.106. The number of ketones is 1. The zero-order valence-electron chi connectivity index (χ0n) is 13.8. The van der Waals surface area contributed by atoms with Gasteiger partial charge in [-0.25, -0.2) is 0 Å². The summed E-state index contributed by atoms with van der Waals surface area (Å²) in [6, 6.07) is 0. The van der Waals surface area contributed by atoms with Gasteiger partial charge in [0.1, 0.15) is 11.8 Å². The summed E-state index contributed by atoms with van der Waals surface area (Å²) in [6.45, 7) is 9.73. The summed E-state index contributed by atoms with van der Waals surface area (Å²) in [4.78, 5) is 14.9. The van der Waals surface area contributed by atoms with Crippen molar-refractivity contribution in [3.8, 4) is 0 Å².